The summed E-state index contributed by atoms with van der Waals surface area (Å²) in [6, 6.07) is 7.29. The molecule has 7 nitrogen and oxygen atoms in total. The molecule has 0 saturated carbocycles. The molecule has 1 aliphatic rings. The molecule has 1 saturated heterocycles. The Morgan fingerprint density at radius 3 is 2.77 bits per heavy atom. The van der Waals surface area contributed by atoms with Crippen LogP contribution in [0.4, 0.5) is 20.6 Å². The number of aromatic nitrogens is 1. The minimum atomic E-state index is -0.753. The maximum absolute atomic E-state index is 14.3. The van der Waals surface area contributed by atoms with Crippen LogP contribution >= 0.6 is 0 Å². The van der Waals surface area contributed by atoms with Gasteiger partial charge in [-0.2, -0.15) is 0 Å². The van der Waals surface area contributed by atoms with E-state index in [-0.39, 0.29) is 68.4 Å². The maximum Gasteiger partial charge on any atom is 0.414 e. The molecule has 9 heteroatoms. The van der Waals surface area contributed by atoms with Gasteiger partial charge in [0.25, 0.3) is 5.91 Å². The maximum atomic E-state index is 14.3. The monoisotopic (exact) mass is 570 g/mol. The molecule has 2 heterocycles. The topological polar surface area (TPSA) is 95.3 Å². The third kappa shape index (κ3) is 4.58. The summed E-state index contributed by atoms with van der Waals surface area (Å²) in [6.07, 6.45) is 0.327. The molecular formula is C17H16AcFN4O3-. The zero-order valence-electron chi connectivity index (χ0n) is 14.0. The molecule has 0 aliphatic carbocycles. The summed E-state index contributed by atoms with van der Waals surface area (Å²) >= 11 is 0. The second-order valence-electron chi connectivity index (χ2n) is 5.63. The van der Waals surface area contributed by atoms with Crippen LogP contribution in [-0.4, -0.2) is 36.2 Å². The smallest absolute Gasteiger partial charge is 0.414 e. The normalized spacial score (nSPS) is 16.0. The van der Waals surface area contributed by atoms with Crippen molar-refractivity contribution in [1.82, 2.24) is 4.98 Å². The number of benzene rings is 1. The predicted molar refractivity (Wildman–Crippen MR) is 90.1 cm³/mol. The molecule has 1 fully saturated rings. The van der Waals surface area contributed by atoms with E-state index >= 15 is 0 Å². The van der Waals surface area contributed by atoms with Gasteiger partial charge < -0.3 is 15.8 Å². The number of pyridine rings is 1. The molecule has 1 atom stereocenters. The summed E-state index contributed by atoms with van der Waals surface area (Å²) in [4.78, 5) is 29.3. The van der Waals surface area contributed by atoms with Crippen LogP contribution in [0.15, 0.2) is 36.5 Å². The molecule has 2 N–H and O–H groups in total. The van der Waals surface area contributed by atoms with E-state index in [0.29, 0.717) is 5.69 Å². The van der Waals surface area contributed by atoms with E-state index in [2.05, 4.69) is 10.3 Å². The fraction of sp³-hybridized carbons (Fsp3) is 0.235. The van der Waals surface area contributed by atoms with Crippen molar-refractivity contribution >= 4 is 23.4 Å². The van der Waals surface area contributed by atoms with Gasteiger partial charge in [-0.1, -0.05) is 0 Å². The van der Waals surface area contributed by atoms with E-state index in [0.717, 1.165) is 11.8 Å². The van der Waals surface area contributed by atoms with Gasteiger partial charge in [0.2, 0.25) is 0 Å². The molecule has 1 aromatic heterocycles. The van der Waals surface area contributed by atoms with Gasteiger partial charge in [-0.15, -0.1) is 6.54 Å². The number of carbonyl (C=O) groups is 2. The second kappa shape index (κ2) is 8.89. The van der Waals surface area contributed by atoms with Gasteiger partial charge in [0.1, 0.15) is 11.9 Å². The van der Waals surface area contributed by atoms with Crippen LogP contribution in [0.1, 0.15) is 16.1 Å². The summed E-state index contributed by atoms with van der Waals surface area (Å²) in [5, 5.41) is 2.57. The number of hydrogen-bond donors (Lipinski definition) is 1. The van der Waals surface area contributed by atoms with Crippen LogP contribution < -0.4 is 10.2 Å². The summed E-state index contributed by atoms with van der Waals surface area (Å²) in [6.45, 7) is 1.94. The van der Waals surface area contributed by atoms with Gasteiger partial charge in [-0.3, -0.25) is 14.7 Å². The van der Waals surface area contributed by atoms with Crippen LogP contribution in [0, 0.1) is 56.8 Å². The Hall–Kier alpha value is -1.56. The van der Waals surface area contributed by atoms with Gasteiger partial charge in [0, 0.05) is 49.8 Å². The Morgan fingerprint density at radius 2 is 2.19 bits per heavy atom. The largest absolute Gasteiger partial charge is 0.674 e. The predicted octanol–water partition coefficient (Wildman–Crippen LogP) is 3.16. The van der Waals surface area contributed by atoms with Crippen molar-refractivity contribution < 1.29 is 62.8 Å². The molecule has 1 aromatic carbocycles. The van der Waals surface area contributed by atoms with Gasteiger partial charge in [0.05, 0.1) is 29.7 Å². The van der Waals surface area contributed by atoms with Crippen molar-refractivity contribution in [2.24, 2.45) is 0 Å². The molecule has 1 aliphatic heterocycles. The van der Waals surface area contributed by atoms with Crippen LogP contribution in [0.3, 0.4) is 0 Å². The molecule has 3 rings (SSSR count). The number of aryl methyl sites for hydroxylation is 1. The summed E-state index contributed by atoms with van der Waals surface area (Å²) in [7, 11) is 0. The first kappa shape index (κ1) is 20.7. The van der Waals surface area contributed by atoms with E-state index in [4.69, 9.17) is 10.5 Å². The van der Waals surface area contributed by atoms with Crippen LogP contribution in [0.5, 0.6) is 0 Å². The molecule has 26 heavy (non-hydrogen) atoms. The van der Waals surface area contributed by atoms with Crippen molar-refractivity contribution in [3.05, 3.63) is 59.3 Å². The molecule has 2 amide bonds. The number of amides is 2. The molecule has 0 spiro atoms. The minimum absolute atomic E-state index is 0. The Bertz CT molecular complexity index is 816. The van der Waals surface area contributed by atoms with Gasteiger partial charge in [0.15, 0.2) is 0 Å². The van der Waals surface area contributed by atoms with Crippen LogP contribution in [0.25, 0.3) is 5.73 Å². The Morgan fingerprint density at radius 1 is 1.42 bits per heavy atom. The first-order valence-corrected chi connectivity index (χ1v) is 7.64. The van der Waals surface area contributed by atoms with Crippen molar-refractivity contribution in [3.63, 3.8) is 0 Å². The first-order valence-electron chi connectivity index (χ1n) is 7.64. The number of anilines is 2. The quantitative estimate of drug-likeness (QED) is 0.612. The van der Waals surface area contributed by atoms with Crippen molar-refractivity contribution in [2.45, 2.75) is 13.0 Å². The van der Waals surface area contributed by atoms with E-state index in [1.165, 1.54) is 23.2 Å². The Balaban J connectivity index is 0.00000243. The van der Waals surface area contributed by atoms with Crippen LogP contribution in [-0.2, 0) is 4.74 Å². The zero-order chi connectivity index (χ0) is 18.0. The Labute approximate surface area is 185 Å². The Kier molecular flexibility index (Phi) is 7.09. The third-order valence-electron chi connectivity index (χ3n) is 3.78. The SMILES string of the molecule is Cc1ccc(NC(=O)c2ccc(N3C[C@H](C[NH-])OC3=O)cc2F)cn1.[Ac]. The summed E-state index contributed by atoms with van der Waals surface area (Å²) < 4.78 is 19.3. The van der Waals surface area contributed by atoms with Gasteiger partial charge in [-0.25, -0.2) is 9.18 Å². The number of hydrogen-bond acceptors (Lipinski definition) is 4. The molecule has 133 valence electrons. The molecule has 1 radical (unpaired) electrons. The number of nitrogens with one attached hydrogen (secondary N) is 2. The van der Waals surface area contributed by atoms with E-state index in [1.54, 1.807) is 12.1 Å². The van der Waals surface area contributed by atoms with Crippen molar-refractivity contribution in [2.75, 3.05) is 23.3 Å². The van der Waals surface area contributed by atoms with Gasteiger partial charge >= 0.3 is 6.09 Å². The summed E-state index contributed by atoms with van der Waals surface area (Å²) in [5.41, 5.74) is 8.66. The fourth-order valence-corrected chi connectivity index (χ4v) is 2.43. The molecular weight excluding hydrogens is 554 g/mol. The zero-order valence-corrected chi connectivity index (χ0v) is 18.8. The third-order valence-corrected chi connectivity index (χ3v) is 3.78. The van der Waals surface area contributed by atoms with Crippen molar-refractivity contribution in [1.29, 1.82) is 0 Å². The molecule has 0 unspecified atom stereocenters. The van der Waals surface area contributed by atoms with E-state index in [1.807, 2.05) is 6.92 Å². The number of halogens is 1. The number of carbonyl (C=O) groups excluding carboxylic acids is 2. The van der Waals surface area contributed by atoms with E-state index < -0.39 is 23.9 Å². The number of cyclic esters (lactones) is 1. The molecule has 0 bridgehead atoms. The molecule has 2 aromatic rings. The van der Waals surface area contributed by atoms with Gasteiger partial charge in [-0.05, 0) is 37.3 Å². The standard InChI is InChI=1S/C17H16FN4O3.Ac/c1-10-2-3-11(8-20-10)21-16(23)14-5-4-12(6-15(14)18)22-9-13(7-19)25-17(22)24;/h2-6,8,13,19H,7,9H2,1H3,(H,21,23);/q-1;/t13-;/m0./s1. The van der Waals surface area contributed by atoms with E-state index in [9.17, 15) is 14.0 Å². The second-order valence-corrected chi connectivity index (χ2v) is 5.63. The minimum Gasteiger partial charge on any atom is -0.674 e. The number of nitrogens with zero attached hydrogens (tertiary/aromatic N) is 2. The number of rotatable bonds is 4. The first-order chi connectivity index (χ1) is 12.0. The summed E-state index contributed by atoms with van der Waals surface area (Å²) in [5.74, 6) is -1.36. The average Bonchev–Trinajstić information content (AvgIpc) is 2.97. The van der Waals surface area contributed by atoms with Crippen LogP contribution in [0.2, 0.25) is 0 Å². The number of ether oxygens (including phenoxy) is 1. The van der Waals surface area contributed by atoms with Crippen molar-refractivity contribution in [3.8, 4) is 0 Å². The average molecular weight is 570 g/mol. The fourth-order valence-electron chi connectivity index (χ4n) is 2.43.